The summed E-state index contributed by atoms with van der Waals surface area (Å²) in [6, 6.07) is 1.71. The number of methoxy groups -OCH3 is 1. The van der Waals surface area contributed by atoms with E-state index in [-0.39, 0.29) is 0 Å². The van der Waals surface area contributed by atoms with Crippen LogP contribution in [0.4, 0.5) is 0 Å². The quantitative estimate of drug-likeness (QED) is 0.554. The van der Waals surface area contributed by atoms with Crippen molar-refractivity contribution in [1.82, 2.24) is 9.97 Å². The standard InChI is InChI=1S/C9H13ClN2O2/c1-7-5-8(10)12-9(11-7)6-14-4-3-13-2/h5H,3-4,6H2,1-2H3. The molecule has 1 rings (SSSR count). The molecule has 0 spiro atoms. The topological polar surface area (TPSA) is 44.2 Å². The lowest BCUT2D eigenvalue weighted by Crippen LogP contribution is -2.05. The summed E-state index contributed by atoms with van der Waals surface area (Å²) >= 11 is 5.76. The second-order valence-electron chi connectivity index (χ2n) is 2.79. The predicted octanol–water partition coefficient (Wildman–Crippen LogP) is 1.60. The van der Waals surface area contributed by atoms with E-state index >= 15 is 0 Å². The maximum atomic E-state index is 5.76. The molecule has 1 aromatic heterocycles. The Bertz CT molecular complexity index is 274. The maximum Gasteiger partial charge on any atom is 0.155 e. The van der Waals surface area contributed by atoms with Gasteiger partial charge in [0.25, 0.3) is 0 Å². The zero-order valence-corrected chi connectivity index (χ0v) is 9.04. The molecule has 5 heteroatoms. The van der Waals surface area contributed by atoms with E-state index in [4.69, 9.17) is 21.1 Å². The van der Waals surface area contributed by atoms with Gasteiger partial charge in [0.05, 0.1) is 13.2 Å². The molecule has 0 fully saturated rings. The molecule has 0 atom stereocenters. The molecular weight excluding hydrogens is 204 g/mol. The zero-order chi connectivity index (χ0) is 10.4. The average molecular weight is 217 g/mol. The van der Waals surface area contributed by atoms with Crippen LogP contribution in [0.15, 0.2) is 6.07 Å². The summed E-state index contributed by atoms with van der Waals surface area (Å²) in [4.78, 5) is 8.19. The Labute approximate surface area is 88.2 Å². The van der Waals surface area contributed by atoms with Gasteiger partial charge in [0, 0.05) is 12.8 Å². The Hall–Kier alpha value is -0.710. The lowest BCUT2D eigenvalue weighted by Gasteiger charge is -2.03. The van der Waals surface area contributed by atoms with E-state index in [9.17, 15) is 0 Å². The van der Waals surface area contributed by atoms with Crippen LogP contribution in [-0.2, 0) is 16.1 Å². The maximum absolute atomic E-state index is 5.76. The normalized spacial score (nSPS) is 10.5. The molecule has 78 valence electrons. The number of aromatic nitrogens is 2. The molecule has 0 aromatic carbocycles. The Balaban J connectivity index is 2.42. The SMILES string of the molecule is COCCOCc1nc(C)cc(Cl)n1. The van der Waals surface area contributed by atoms with E-state index in [1.807, 2.05) is 6.92 Å². The van der Waals surface area contributed by atoms with Crippen LogP contribution in [0.1, 0.15) is 11.5 Å². The first-order valence-corrected chi connectivity index (χ1v) is 4.67. The largest absolute Gasteiger partial charge is 0.382 e. The Kier molecular flexibility index (Phi) is 4.79. The Morgan fingerprint density at radius 3 is 2.79 bits per heavy atom. The summed E-state index contributed by atoms with van der Waals surface area (Å²) in [5.74, 6) is 0.603. The first-order valence-electron chi connectivity index (χ1n) is 4.29. The molecule has 0 saturated heterocycles. The fourth-order valence-electron chi connectivity index (χ4n) is 0.959. The summed E-state index contributed by atoms with van der Waals surface area (Å²) in [7, 11) is 1.63. The highest BCUT2D eigenvalue weighted by Crippen LogP contribution is 2.06. The molecule has 1 heterocycles. The molecule has 0 aliphatic carbocycles. The van der Waals surface area contributed by atoms with Crippen molar-refractivity contribution < 1.29 is 9.47 Å². The molecule has 0 amide bonds. The van der Waals surface area contributed by atoms with Gasteiger partial charge >= 0.3 is 0 Å². The number of halogens is 1. The van der Waals surface area contributed by atoms with Gasteiger partial charge in [-0.05, 0) is 13.0 Å². The van der Waals surface area contributed by atoms with Gasteiger partial charge in [-0.3, -0.25) is 0 Å². The second-order valence-corrected chi connectivity index (χ2v) is 3.18. The summed E-state index contributed by atoms with van der Waals surface area (Å²) in [5, 5.41) is 0.447. The molecule has 0 bridgehead atoms. The van der Waals surface area contributed by atoms with Crippen molar-refractivity contribution in [2.24, 2.45) is 0 Å². The van der Waals surface area contributed by atoms with Gasteiger partial charge in [-0.15, -0.1) is 0 Å². The summed E-state index contributed by atoms with van der Waals surface area (Å²) < 4.78 is 10.1. The summed E-state index contributed by atoms with van der Waals surface area (Å²) in [5.41, 5.74) is 0.843. The fourth-order valence-corrected chi connectivity index (χ4v) is 1.21. The number of ether oxygens (including phenoxy) is 2. The lowest BCUT2D eigenvalue weighted by molar-refractivity contribution is 0.0585. The summed E-state index contributed by atoms with van der Waals surface area (Å²) in [6.45, 7) is 3.34. The van der Waals surface area contributed by atoms with Gasteiger partial charge in [0.1, 0.15) is 11.8 Å². The first-order chi connectivity index (χ1) is 6.72. The predicted molar refractivity (Wildman–Crippen MR) is 53.3 cm³/mol. The van der Waals surface area contributed by atoms with Gasteiger partial charge in [-0.25, -0.2) is 9.97 Å². The first kappa shape index (κ1) is 11.4. The molecular formula is C9H13ClN2O2. The van der Waals surface area contributed by atoms with Crippen molar-refractivity contribution in [3.63, 3.8) is 0 Å². The highest BCUT2D eigenvalue weighted by atomic mass is 35.5. The van der Waals surface area contributed by atoms with E-state index in [1.54, 1.807) is 13.2 Å². The van der Waals surface area contributed by atoms with Crippen LogP contribution >= 0.6 is 11.6 Å². The van der Waals surface area contributed by atoms with Gasteiger partial charge in [-0.1, -0.05) is 11.6 Å². The molecule has 0 aliphatic rings. The molecule has 0 N–H and O–H groups in total. The third kappa shape index (κ3) is 4.00. The zero-order valence-electron chi connectivity index (χ0n) is 8.29. The molecule has 1 aromatic rings. The van der Waals surface area contributed by atoms with Gasteiger partial charge < -0.3 is 9.47 Å². The number of rotatable bonds is 5. The van der Waals surface area contributed by atoms with Crippen LogP contribution in [0.3, 0.4) is 0 Å². The van der Waals surface area contributed by atoms with Crippen LogP contribution in [0.2, 0.25) is 5.15 Å². The van der Waals surface area contributed by atoms with Gasteiger partial charge in [-0.2, -0.15) is 0 Å². The minimum Gasteiger partial charge on any atom is -0.382 e. The van der Waals surface area contributed by atoms with E-state index < -0.39 is 0 Å². The van der Waals surface area contributed by atoms with E-state index in [1.165, 1.54) is 0 Å². The molecule has 0 unspecified atom stereocenters. The molecule has 0 radical (unpaired) electrons. The van der Waals surface area contributed by atoms with Crippen molar-refractivity contribution in [3.8, 4) is 0 Å². The number of hydrogen-bond donors (Lipinski definition) is 0. The third-order valence-corrected chi connectivity index (χ3v) is 1.73. The monoisotopic (exact) mass is 216 g/mol. The number of nitrogens with zero attached hydrogens (tertiary/aromatic N) is 2. The van der Waals surface area contributed by atoms with Crippen molar-refractivity contribution >= 4 is 11.6 Å². The van der Waals surface area contributed by atoms with Crippen molar-refractivity contribution in [2.75, 3.05) is 20.3 Å². The van der Waals surface area contributed by atoms with Crippen LogP contribution < -0.4 is 0 Å². The molecule has 0 saturated carbocycles. The average Bonchev–Trinajstić information content (AvgIpc) is 2.11. The van der Waals surface area contributed by atoms with Crippen molar-refractivity contribution in [3.05, 3.63) is 22.7 Å². The van der Waals surface area contributed by atoms with Crippen LogP contribution in [0.5, 0.6) is 0 Å². The van der Waals surface area contributed by atoms with E-state index in [2.05, 4.69) is 9.97 Å². The smallest absolute Gasteiger partial charge is 0.155 e. The third-order valence-electron chi connectivity index (χ3n) is 1.53. The highest BCUT2D eigenvalue weighted by Gasteiger charge is 2.00. The lowest BCUT2D eigenvalue weighted by atomic mass is 10.4. The Morgan fingerprint density at radius 1 is 1.36 bits per heavy atom. The van der Waals surface area contributed by atoms with Crippen LogP contribution in [0, 0.1) is 6.92 Å². The Morgan fingerprint density at radius 2 is 2.14 bits per heavy atom. The van der Waals surface area contributed by atoms with Crippen LogP contribution in [0.25, 0.3) is 0 Å². The molecule has 4 nitrogen and oxygen atoms in total. The minimum atomic E-state index is 0.366. The van der Waals surface area contributed by atoms with E-state index in [0.717, 1.165) is 5.69 Å². The molecule has 14 heavy (non-hydrogen) atoms. The highest BCUT2D eigenvalue weighted by molar-refractivity contribution is 6.29. The molecule has 0 aliphatic heterocycles. The summed E-state index contributed by atoms with van der Waals surface area (Å²) in [6.07, 6.45) is 0. The van der Waals surface area contributed by atoms with Gasteiger partial charge in [0.15, 0.2) is 5.82 Å². The van der Waals surface area contributed by atoms with Crippen molar-refractivity contribution in [1.29, 1.82) is 0 Å². The minimum absolute atomic E-state index is 0.366. The van der Waals surface area contributed by atoms with Gasteiger partial charge in [0.2, 0.25) is 0 Å². The number of aryl methyl sites for hydroxylation is 1. The van der Waals surface area contributed by atoms with Crippen molar-refractivity contribution in [2.45, 2.75) is 13.5 Å². The van der Waals surface area contributed by atoms with Crippen LogP contribution in [-0.4, -0.2) is 30.3 Å². The van der Waals surface area contributed by atoms with E-state index in [0.29, 0.717) is 30.8 Å². The fraction of sp³-hybridized carbons (Fsp3) is 0.556. The number of hydrogen-bond acceptors (Lipinski definition) is 4. The second kappa shape index (κ2) is 5.90.